The van der Waals surface area contributed by atoms with Gasteiger partial charge >= 0.3 is 0 Å². The zero-order valence-corrected chi connectivity index (χ0v) is 8.64. The van der Waals surface area contributed by atoms with Crippen molar-refractivity contribution < 1.29 is 0 Å². The van der Waals surface area contributed by atoms with Crippen LogP contribution in [0.4, 0.5) is 0 Å². The molecule has 2 rings (SSSR count). The average Bonchev–Trinajstić information content (AvgIpc) is 1.97. The SMILES string of the molecule is CC1CC2(CCCN(C)[C@@H]2C)C1. The maximum atomic E-state index is 2.55. The van der Waals surface area contributed by atoms with Crippen molar-refractivity contribution in [2.75, 3.05) is 13.6 Å². The van der Waals surface area contributed by atoms with Crippen molar-refractivity contribution in [2.45, 2.75) is 45.6 Å². The van der Waals surface area contributed by atoms with E-state index >= 15 is 0 Å². The van der Waals surface area contributed by atoms with Crippen molar-refractivity contribution >= 4 is 0 Å². The van der Waals surface area contributed by atoms with Crippen molar-refractivity contribution in [1.29, 1.82) is 0 Å². The minimum atomic E-state index is 0.729. The van der Waals surface area contributed by atoms with Gasteiger partial charge in [-0.05, 0) is 57.5 Å². The van der Waals surface area contributed by atoms with Crippen LogP contribution in [-0.2, 0) is 0 Å². The van der Waals surface area contributed by atoms with Gasteiger partial charge in [-0.2, -0.15) is 0 Å². The molecule has 1 aliphatic heterocycles. The highest BCUT2D eigenvalue weighted by Gasteiger charge is 2.48. The third kappa shape index (κ3) is 1.10. The molecule has 0 N–H and O–H groups in total. The number of hydrogen-bond donors (Lipinski definition) is 0. The molecule has 0 radical (unpaired) electrons. The Balaban J connectivity index is 2.05. The van der Waals surface area contributed by atoms with E-state index < -0.39 is 0 Å². The van der Waals surface area contributed by atoms with E-state index in [2.05, 4.69) is 25.8 Å². The van der Waals surface area contributed by atoms with Crippen molar-refractivity contribution in [3.63, 3.8) is 0 Å². The van der Waals surface area contributed by atoms with Crippen LogP contribution in [0.25, 0.3) is 0 Å². The van der Waals surface area contributed by atoms with Gasteiger partial charge in [0.05, 0.1) is 0 Å². The first-order valence-electron chi connectivity index (χ1n) is 5.34. The molecule has 2 fully saturated rings. The van der Waals surface area contributed by atoms with Gasteiger partial charge in [-0.1, -0.05) is 6.92 Å². The van der Waals surface area contributed by atoms with Crippen molar-refractivity contribution in [3.05, 3.63) is 0 Å². The topological polar surface area (TPSA) is 3.24 Å². The third-order valence-electron chi connectivity index (χ3n) is 4.24. The Kier molecular flexibility index (Phi) is 1.95. The number of rotatable bonds is 0. The van der Waals surface area contributed by atoms with Crippen LogP contribution in [0.5, 0.6) is 0 Å². The first-order valence-corrected chi connectivity index (χ1v) is 5.34. The van der Waals surface area contributed by atoms with Crippen LogP contribution in [0.2, 0.25) is 0 Å². The molecule has 1 atom stereocenters. The summed E-state index contributed by atoms with van der Waals surface area (Å²) in [5.41, 5.74) is 0.729. The lowest BCUT2D eigenvalue weighted by Crippen LogP contribution is -2.54. The Morgan fingerprint density at radius 3 is 2.50 bits per heavy atom. The monoisotopic (exact) mass is 167 g/mol. The second-order valence-corrected chi connectivity index (χ2v) is 5.14. The largest absolute Gasteiger partial charge is 0.303 e. The summed E-state index contributed by atoms with van der Waals surface area (Å²) in [5, 5.41) is 0. The molecule has 0 amide bonds. The number of piperidine rings is 1. The first kappa shape index (κ1) is 8.55. The zero-order chi connectivity index (χ0) is 8.77. The van der Waals surface area contributed by atoms with E-state index in [1.165, 1.54) is 32.2 Å². The van der Waals surface area contributed by atoms with E-state index in [-0.39, 0.29) is 0 Å². The van der Waals surface area contributed by atoms with Gasteiger partial charge in [0.2, 0.25) is 0 Å². The van der Waals surface area contributed by atoms with Crippen LogP contribution >= 0.6 is 0 Å². The summed E-state index contributed by atoms with van der Waals surface area (Å²) < 4.78 is 0. The highest BCUT2D eigenvalue weighted by Crippen LogP contribution is 2.53. The van der Waals surface area contributed by atoms with E-state index in [0.717, 1.165) is 17.4 Å². The molecule has 1 heterocycles. The molecule has 12 heavy (non-hydrogen) atoms. The summed E-state index contributed by atoms with van der Waals surface area (Å²) in [5.74, 6) is 0.999. The summed E-state index contributed by atoms with van der Waals surface area (Å²) in [6, 6.07) is 0.836. The Morgan fingerprint density at radius 1 is 1.25 bits per heavy atom. The van der Waals surface area contributed by atoms with Crippen LogP contribution in [-0.4, -0.2) is 24.5 Å². The predicted molar refractivity (Wildman–Crippen MR) is 52.2 cm³/mol. The molecule has 1 saturated carbocycles. The maximum Gasteiger partial charge on any atom is 0.0120 e. The summed E-state index contributed by atoms with van der Waals surface area (Å²) >= 11 is 0. The van der Waals surface area contributed by atoms with Crippen LogP contribution in [0, 0.1) is 11.3 Å². The molecule has 1 spiro atoms. The van der Waals surface area contributed by atoms with Gasteiger partial charge < -0.3 is 4.90 Å². The van der Waals surface area contributed by atoms with E-state index in [9.17, 15) is 0 Å². The fourth-order valence-corrected chi connectivity index (χ4v) is 3.42. The number of hydrogen-bond acceptors (Lipinski definition) is 1. The lowest BCUT2D eigenvalue weighted by Gasteiger charge is -2.56. The Morgan fingerprint density at radius 2 is 1.92 bits per heavy atom. The standard InChI is InChI=1S/C11H21N/c1-9-7-11(8-9)5-4-6-12(3)10(11)2/h9-10H,4-8H2,1-3H3/t9?,10-,11?/m1/s1. The number of nitrogens with zero attached hydrogens (tertiary/aromatic N) is 1. The van der Waals surface area contributed by atoms with Crippen molar-refractivity contribution in [3.8, 4) is 0 Å². The minimum Gasteiger partial charge on any atom is -0.303 e. The molecule has 1 nitrogen and oxygen atoms in total. The molecule has 0 aromatic heterocycles. The fourth-order valence-electron chi connectivity index (χ4n) is 3.42. The average molecular weight is 167 g/mol. The zero-order valence-electron chi connectivity index (χ0n) is 8.64. The van der Waals surface area contributed by atoms with E-state index in [1.54, 1.807) is 0 Å². The summed E-state index contributed by atoms with van der Waals surface area (Å²) in [7, 11) is 2.29. The van der Waals surface area contributed by atoms with Gasteiger partial charge in [0.15, 0.2) is 0 Å². The van der Waals surface area contributed by atoms with Gasteiger partial charge in [0.25, 0.3) is 0 Å². The molecule has 0 aromatic carbocycles. The molecule has 0 bridgehead atoms. The molecule has 1 heteroatoms. The van der Waals surface area contributed by atoms with E-state index in [1.807, 2.05) is 0 Å². The highest BCUT2D eigenvalue weighted by molar-refractivity contribution is 5.00. The quantitative estimate of drug-likeness (QED) is 0.536. The Hall–Kier alpha value is -0.0400. The van der Waals surface area contributed by atoms with Crippen LogP contribution in [0.15, 0.2) is 0 Å². The molecular weight excluding hydrogens is 146 g/mol. The summed E-state index contributed by atoms with van der Waals surface area (Å²) in [6.45, 7) is 6.13. The van der Waals surface area contributed by atoms with Crippen molar-refractivity contribution in [1.82, 2.24) is 4.90 Å². The molecular formula is C11H21N. The Labute approximate surface area is 76.1 Å². The minimum absolute atomic E-state index is 0.729. The van der Waals surface area contributed by atoms with Crippen LogP contribution < -0.4 is 0 Å². The molecule has 0 aromatic rings. The molecule has 1 saturated heterocycles. The first-order chi connectivity index (χ1) is 5.64. The van der Waals surface area contributed by atoms with Gasteiger partial charge in [0.1, 0.15) is 0 Å². The fraction of sp³-hybridized carbons (Fsp3) is 1.00. The molecule has 0 unspecified atom stereocenters. The van der Waals surface area contributed by atoms with Crippen molar-refractivity contribution in [2.24, 2.45) is 11.3 Å². The molecule has 2 aliphatic rings. The lowest BCUT2D eigenvalue weighted by atomic mass is 9.55. The normalized spacial score (nSPS) is 49.2. The molecule has 1 aliphatic carbocycles. The second-order valence-electron chi connectivity index (χ2n) is 5.14. The molecule has 70 valence electrons. The van der Waals surface area contributed by atoms with E-state index in [4.69, 9.17) is 0 Å². The maximum absolute atomic E-state index is 2.55. The summed E-state index contributed by atoms with van der Waals surface area (Å²) in [6.07, 6.45) is 5.88. The van der Waals surface area contributed by atoms with E-state index in [0.29, 0.717) is 0 Å². The van der Waals surface area contributed by atoms with Crippen LogP contribution in [0.1, 0.15) is 39.5 Å². The predicted octanol–water partition coefficient (Wildman–Crippen LogP) is 2.52. The smallest absolute Gasteiger partial charge is 0.0120 e. The number of likely N-dealkylation sites (tertiary alicyclic amines) is 1. The second kappa shape index (κ2) is 2.73. The van der Waals surface area contributed by atoms with Gasteiger partial charge in [-0.25, -0.2) is 0 Å². The third-order valence-corrected chi connectivity index (χ3v) is 4.24. The van der Waals surface area contributed by atoms with Crippen LogP contribution in [0.3, 0.4) is 0 Å². The van der Waals surface area contributed by atoms with Gasteiger partial charge in [-0.3, -0.25) is 0 Å². The highest BCUT2D eigenvalue weighted by atomic mass is 15.1. The lowest BCUT2D eigenvalue weighted by molar-refractivity contribution is -0.0544. The summed E-state index contributed by atoms with van der Waals surface area (Å²) in [4.78, 5) is 2.55. The van der Waals surface area contributed by atoms with Gasteiger partial charge in [-0.15, -0.1) is 0 Å². The Bertz CT molecular complexity index is 164. The van der Waals surface area contributed by atoms with Gasteiger partial charge in [0, 0.05) is 6.04 Å².